The number of rotatable bonds is 4. The topological polar surface area (TPSA) is 42.3 Å². The maximum atomic E-state index is 14.5. The zero-order chi connectivity index (χ0) is 34.9. The second-order valence-electron chi connectivity index (χ2n) is 11.9. The standard InChI is InChI=1S/C40H22F6N2O2/c41-39(42,43)26-15-17-28-29-18-16-27(40(44,45)46)22-35(29)47(34(28)21-26)33-13-7-12-30-36(33)38(50)48(37(30)49)32-19-14-25(23-8-3-1-4-9-23)20-31(32)24-10-5-2-6-11-24/h1-22H. The lowest BCUT2D eigenvalue weighted by Crippen LogP contribution is -2.30. The predicted octanol–water partition coefficient (Wildman–Crippen LogP) is 11.0. The Balaban J connectivity index is 1.36. The summed E-state index contributed by atoms with van der Waals surface area (Å²) in [7, 11) is 0. The summed E-state index contributed by atoms with van der Waals surface area (Å²) >= 11 is 0. The number of benzene rings is 6. The van der Waals surface area contributed by atoms with Crippen molar-refractivity contribution < 1.29 is 35.9 Å². The lowest BCUT2D eigenvalue weighted by molar-refractivity contribution is -0.138. The zero-order valence-electron chi connectivity index (χ0n) is 25.7. The highest BCUT2D eigenvalue weighted by molar-refractivity contribution is 6.36. The summed E-state index contributed by atoms with van der Waals surface area (Å²) in [6.45, 7) is 0. The molecular weight excluding hydrogens is 654 g/mol. The molecule has 0 fully saturated rings. The van der Waals surface area contributed by atoms with E-state index in [2.05, 4.69) is 0 Å². The minimum Gasteiger partial charge on any atom is -0.308 e. The molecule has 0 aliphatic carbocycles. The fourth-order valence-electron chi connectivity index (χ4n) is 6.69. The number of imide groups is 1. The van der Waals surface area contributed by atoms with Crippen LogP contribution in [0.25, 0.3) is 49.7 Å². The predicted molar refractivity (Wildman–Crippen MR) is 179 cm³/mol. The Hall–Kier alpha value is -6.16. The van der Waals surface area contributed by atoms with Crippen LogP contribution in [-0.2, 0) is 12.4 Å². The van der Waals surface area contributed by atoms with Gasteiger partial charge in [0.2, 0.25) is 0 Å². The number of hydrogen-bond donors (Lipinski definition) is 0. The monoisotopic (exact) mass is 676 g/mol. The molecule has 0 saturated carbocycles. The molecule has 246 valence electrons. The summed E-state index contributed by atoms with van der Waals surface area (Å²) in [5.74, 6) is -1.44. The average Bonchev–Trinajstić information content (AvgIpc) is 3.57. The normalized spacial score (nSPS) is 13.4. The lowest BCUT2D eigenvalue weighted by Gasteiger charge is -2.20. The van der Waals surface area contributed by atoms with Crippen molar-refractivity contribution in [3.63, 3.8) is 0 Å². The summed E-state index contributed by atoms with van der Waals surface area (Å²) in [6, 6.07) is 34.1. The Morgan fingerprint density at radius 3 is 1.56 bits per heavy atom. The highest BCUT2D eigenvalue weighted by Crippen LogP contribution is 2.43. The van der Waals surface area contributed by atoms with Crippen molar-refractivity contribution in [3.8, 4) is 27.9 Å². The van der Waals surface area contributed by atoms with Crippen LogP contribution in [0.4, 0.5) is 32.0 Å². The highest BCUT2D eigenvalue weighted by atomic mass is 19.4. The first-order valence-electron chi connectivity index (χ1n) is 15.4. The largest absolute Gasteiger partial charge is 0.416 e. The average molecular weight is 677 g/mol. The van der Waals surface area contributed by atoms with Crippen LogP contribution in [0.15, 0.2) is 133 Å². The number of amides is 2. The van der Waals surface area contributed by atoms with Crippen LogP contribution in [0, 0.1) is 0 Å². The van der Waals surface area contributed by atoms with Crippen molar-refractivity contribution in [2.24, 2.45) is 0 Å². The van der Waals surface area contributed by atoms with Gasteiger partial charge in [-0.3, -0.25) is 9.59 Å². The van der Waals surface area contributed by atoms with E-state index in [0.717, 1.165) is 45.9 Å². The van der Waals surface area contributed by atoms with Crippen LogP contribution < -0.4 is 4.90 Å². The van der Waals surface area contributed by atoms with Crippen LogP contribution >= 0.6 is 0 Å². The van der Waals surface area contributed by atoms with Gasteiger partial charge in [-0.05, 0) is 65.2 Å². The molecule has 1 aliphatic rings. The minimum atomic E-state index is -4.76. The van der Waals surface area contributed by atoms with Gasteiger partial charge in [-0.25, -0.2) is 4.90 Å². The Morgan fingerprint density at radius 2 is 1.00 bits per heavy atom. The van der Waals surface area contributed by atoms with Gasteiger partial charge in [-0.15, -0.1) is 0 Å². The Bertz CT molecular complexity index is 2430. The molecule has 1 aliphatic heterocycles. The summed E-state index contributed by atoms with van der Waals surface area (Å²) in [4.78, 5) is 29.7. The van der Waals surface area contributed by atoms with Crippen LogP contribution in [0.1, 0.15) is 31.8 Å². The van der Waals surface area contributed by atoms with Crippen LogP contribution in [0.3, 0.4) is 0 Å². The minimum absolute atomic E-state index is 0.0239. The molecule has 2 heterocycles. The molecule has 6 aromatic carbocycles. The molecule has 0 bridgehead atoms. The molecule has 0 unspecified atom stereocenters. The first kappa shape index (κ1) is 31.1. The number of hydrogen-bond acceptors (Lipinski definition) is 2. The summed E-state index contributed by atoms with van der Waals surface area (Å²) < 4.78 is 84.9. The molecule has 50 heavy (non-hydrogen) atoms. The van der Waals surface area contributed by atoms with E-state index >= 15 is 0 Å². The number of aromatic nitrogens is 1. The van der Waals surface area contributed by atoms with E-state index in [1.54, 1.807) is 12.1 Å². The summed E-state index contributed by atoms with van der Waals surface area (Å²) in [5, 5.41) is 0.492. The van der Waals surface area contributed by atoms with E-state index in [0.29, 0.717) is 5.56 Å². The molecule has 0 saturated heterocycles. The van der Waals surface area contributed by atoms with Crippen molar-refractivity contribution >= 4 is 39.3 Å². The molecule has 1 aromatic heterocycles. The van der Waals surface area contributed by atoms with Crippen LogP contribution in [0.2, 0.25) is 0 Å². The smallest absolute Gasteiger partial charge is 0.308 e. The van der Waals surface area contributed by atoms with Gasteiger partial charge in [0.25, 0.3) is 11.8 Å². The van der Waals surface area contributed by atoms with Gasteiger partial charge in [-0.1, -0.05) is 84.9 Å². The van der Waals surface area contributed by atoms with E-state index in [9.17, 15) is 35.9 Å². The highest BCUT2D eigenvalue weighted by Gasteiger charge is 2.41. The number of carbonyl (C=O) groups excluding carboxylic acids is 2. The number of halogens is 6. The van der Waals surface area contributed by atoms with Crippen molar-refractivity contribution in [1.82, 2.24) is 4.57 Å². The van der Waals surface area contributed by atoms with Gasteiger partial charge in [0.05, 0.1) is 44.7 Å². The molecule has 0 spiro atoms. The van der Waals surface area contributed by atoms with E-state index in [1.807, 2.05) is 66.7 Å². The maximum absolute atomic E-state index is 14.5. The molecule has 2 amide bonds. The second-order valence-corrected chi connectivity index (χ2v) is 11.9. The molecular formula is C40H22F6N2O2. The zero-order valence-corrected chi connectivity index (χ0v) is 25.7. The molecule has 0 radical (unpaired) electrons. The Kier molecular flexibility index (Phi) is 6.97. The van der Waals surface area contributed by atoms with Gasteiger partial charge in [0, 0.05) is 16.3 Å². The Morgan fingerprint density at radius 1 is 0.440 bits per heavy atom. The number of carbonyl (C=O) groups is 2. The number of fused-ring (bicyclic) bond motifs is 4. The third-order valence-electron chi connectivity index (χ3n) is 8.99. The Labute approximate surface area is 280 Å². The van der Waals surface area contributed by atoms with Crippen molar-refractivity contribution in [3.05, 3.63) is 156 Å². The SMILES string of the molecule is O=C1c2cccc(-n3c4cc(C(F)(F)F)ccc4c4ccc(C(F)(F)F)cc43)c2C(=O)N1c1ccc(-c2ccccc2)cc1-c1ccccc1. The molecule has 10 heteroatoms. The van der Waals surface area contributed by atoms with Gasteiger partial charge in [-0.2, -0.15) is 26.3 Å². The first-order chi connectivity index (χ1) is 23.9. The van der Waals surface area contributed by atoms with E-state index < -0.39 is 35.3 Å². The third kappa shape index (κ3) is 4.94. The maximum Gasteiger partial charge on any atom is 0.416 e. The van der Waals surface area contributed by atoms with Crippen molar-refractivity contribution in [2.45, 2.75) is 12.4 Å². The molecule has 7 aromatic rings. The number of alkyl halides is 6. The molecule has 8 rings (SSSR count). The fourth-order valence-corrected chi connectivity index (χ4v) is 6.69. The van der Waals surface area contributed by atoms with Gasteiger partial charge in [0.1, 0.15) is 0 Å². The molecule has 0 atom stereocenters. The fraction of sp³-hybridized carbons (Fsp3) is 0.0500. The van der Waals surface area contributed by atoms with Crippen molar-refractivity contribution in [1.29, 1.82) is 0 Å². The summed E-state index contributed by atoms with van der Waals surface area (Å²) in [6.07, 6.45) is -9.51. The molecule has 4 nitrogen and oxygen atoms in total. The first-order valence-corrected chi connectivity index (χ1v) is 15.4. The van der Waals surface area contributed by atoms with E-state index in [4.69, 9.17) is 0 Å². The summed E-state index contributed by atoms with van der Waals surface area (Å²) in [5.41, 5.74) is 0.920. The second kappa shape index (κ2) is 11.2. The van der Waals surface area contributed by atoms with Gasteiger partial charge >= 0.3 is 12.4 Å². The number of anilines is 1. The number of nitrogens with zero attached hydrogens (tertiary/aromatic N) is 2. The van der Waals surface area contributed by atoms with Gasteiger partial charge < -0.3 is 4.57 Å². The van der Waals surface area contributed by atoms with E-state index in [1.165, 1.54) is 34.9 Å². The molecule has 0 N–H and O–H groups in total. The lowest BCUT2D eigenvalue weighted by atomic mass is 9.97. The quantitative estimate of drug-likeness (QED) is 0.138. The van der Waals surface area contributed by atoms with Crippen LogP contribution in [-0.4, -0.2) is 16.4 Å². The third-order valence-corrected chi connectivity index (χ3v) is 8.99. The van der Waals surface area contributed by atoms with Crippen molar-refractivity contribution in [2.75, 3.05) is 4.90 Å². The van der Waals surface area contributed by atoms with E-state index in [-0.39, 0.29) is 44.3 Å². The van der Waals surface area contributed by atoms with Gasteiger partial charge in [0.15, 0.2) is 0 Å². The van der Waals surface area contributed by atoms with Crippen LogP contribution in [0.5, 0.6) is 0 Å².